The molecule has 5 aromatic rings. The lowest BCUT2D eigenvalue weighted by atomic mass is 9.82. The van der Waals surface area contributed by atoms with Gasteiger partial charge in [0.1, 0.15) is 0 Å². The lowest BCUT2D eigenvalue weighted by Gasteiger charge is -2.22. The van der Waals surface area contributed by atoms with Crippen molar-refractivity contribution in [3.05, 3.63) is 74.2 Å². The summed E-state index contributed by atoms with van der Waals surface area (Å²) in [5, 5.41) is 12.1. The maximum atomic E-state index is 13.7. The quantitative estimate of drug-likeness (QED) is 0.149. The Morgan fingerprint density at radius 3 is 2.64 bits per heavy atom. The van der Waals surface area contributed by atoms with Crippen molar-refractivity contribution < 1.29 is 9.59 Å². The summed E-state index contributed by atoms with van der Waals surface area (Å²) in [6.07, 6.45) is 5.90. The fourth-order valence-electron chi connectivity index (χ4n) is 7.29. The predicted molar refractivity (Wildman–Crippen MR) is 183 cm³/mol. The number of likely N-dealkylation sites (N-methyl/N-ethyl adjacent to an activating group) is 2. The van der Waals surface area contributed by atoms with Crippen molar-refractivity contribution in [2.75, 3.05) is 40.3 Å². The Hall–Kier alpha value is -3.79. The maximum Gasteiger partial charge on any atom is 0.252 e. The number of aromatic nitrogens is 3. The molecule has 0 radical (unpaired) electrons. The van der Waals surface area contributed by atoms with E-state index in [2.05, 4.69) is 59.0 Å². The number of carbonyl (C=O) groups excluding carboxylic acids is 2. The monoisotopic (exact) mass is 622 g/mol. The molecule has 7 rings (SSSR count). The summed E-state index contributed by atoms with van der Waals surface area (Å²) in [7, 11) is 6.34. The summed E-state index contributed by atoms with van der Waals surface area (Å²) in [5.41, 5.74) is 10.3. The topological polar surface area (TPSA) is 75.4 Å². The minimum atomic E-state index is -0.0149. The highest BCUT2D eigenvalue weighted by atomic mass is 32.1. The number of unbranched alkanes of at least 4 members (excludes halogenated alkanes) is 1. The third-order valence-electron chi connectivity index (χ3n) is 9.85. The molecular weight excluding hydrogens is 581 g/mol. The van der Waals surface area contributed by atoms with Crippen LogP contribution in [0.15, 0.2) is 35.8 Å². The van der Waals surface area contributed by atoms with Gasteiger partial charge in [0, 0.05) is 72.4 Å². The number of thiophene rings is 1. The Bertz CT molecular complexity index is 1960. The molecule has 8 nitrogen and oxygen atoms in total. The van der Waals surface area contributed by atoms with Crippen LogP contribution in [0.3, 0.4) is 0 Å². The van der Waals surface area contributed by atoms with Gasteiger partial charge in [0.05, 0.1) is 21.7 Å². The fraction of sp³-hybridized carbons (Fsp3) is 0.417. The van der Waals surface area contributed by atoms with Gasteiger partial charge in [0.15, 0.2) is 0 Å². The first-order valence-corrected chi connectivity index (χ1v) is 17.0. The van der Waals surface area contributed by atoms with E-state index in [0.717, 1.165) is 113 Å². The Morgan fingerprint density at radius 2 is 1.87 bits per heavy atom. The maximum absolute atomic E-state index is 13.7. The molecule has 1 aliphatic carbocycles. The van der Waals surface area contributed by atoms with E-state index in [1.807, 2.05) is 36.2 Å². The van der Waals surface area contributed by atoms with Crippen LogP contribution in [0.25, 0.3) is 32.9 Å². The first-order chi connectivity index (χ1) is 21.8. The number of hydrogen-bond donors (Lipinski definition) is 1. The van der Waals surface area contributed by atoms with E-state index in [9.17, 15) is 9.59 Å². The smallest absolute Gasteiger partial charge is 0.252 e. The van der Waals surface area contributed by atoms with Crippen molar-refractivity contribution in [1.82, 2.24) is 29.5 Å². The molecule has 0 bridgehead atoms. The average Bonchev–Trinajstić information content (AvgIpc) is 3.81. The molecule has 1 aliphatic heterocycles. The summed E-state index contributed by atoms with van der Waals surface area (Å²) in [6, 6.07) is 8.22. The SMILES string of the molecule is CCN(C)CCN(C)CCCCn1c2ccc(C(=O)c3sccc3C)cc2c2c3c(c4c(c21)CCc1nn(C)cc1-4)C(=O)NC3. The van der Waals surface area contributed by atoms with Crippen molar-refractivity contribution in [3.63, 3.8) is 0 Å². The molecule has 0 saturated carbocycles. The second kappa shape index (κ2) is 11.9. The number of ketones is 1. The van der Waals surface area contributed by atoms with E-state index in [1.54, 1.807) is 0 Å². The van der Waals surface area contributed by atoms with Crippen LogP contribution in [0.1, 0.15) is 67.7 Å². The summed E-state index contributed by atoms with van der Waals surface area (Å²) >= 11 is 1.50. The molecule has 0 saturated heterocycles. The normalized spacial score (nSPS) is 14.1. The van der Waals surface area contributed by atoms with E-state index in [4.69, 9.17) is 5.10 Å². The zero-order valence-corrected chi connectivity index (χ0v) is 27.8. The van der Waals surface area contributed by atoms with Crippen molar-refractivity contribution in [2.24, 2.45) is 7.05 Å². The number of rotatable bonds is 11. The van der Waals surface area contributed by atoms with E-state index in [-0.39, 0.29) is 11.7 Å². The largest absolute Gasteiger partial charge is 0.348 e. The molecule has 0 spiro atoms. The zero-order valence-electron chi connectivity index (χ0n) is 27.0. The number of aryl methyl sites for hydroxylation is 5. The van der Waals surface area contributed by atoms with Gasteiger partial charge in [0.2, 0.25) is 5.78 Å². The molecule has 45 heavy (non-hydrogen) atoms. The van der Waals surface area contributed by atoms with Crippen LogP contribution in [0.2, 0.25) is 0 Å². The van der Waals surface area contributed by atoms with Gasteiger partial charge in [-0.25, -0.2) is 0 Å². The summed E-state index contributed by atoms with van der Waals surface area (Å²) in [6.45, 7) is 9.83. The molecule has 0 atom stereocenters. The molecule has 234 valence electrons. The first kappa shape index (κ1) is 29.9. The van der Waals surface area contributed by atoms with Gasteiger partial charge in [-0.05, 0) is 106 Å². The molecule has 1 N–H and O–H groups in total. The summed E-state index contributed by atoms with van der Waals surface area (Å²) in [5.74, 6) is 0.0461. The number of hydrogen-bond acceptors (Lipinski definition) is 6. The number of carbonyl (C=O) groups is 2. The van der Waals surface area contributed by atoms with Crippen molar-refractivity contribution in [2.45, 2.75) is 52.6 Å². The average molecular weight is 623 g/mol. The Balaban J connectivity index is 1.36. The van der Waals surface area contributed by atoms with Crippen LogP contribution in [0.5, 0.6) is 0 Å². The standard InChI is InChI=1S/C36H42N6O2S/c1-6-39(3)16-17-40(4)14-7-8-15-42-29-12-9-23(34(43)35-22(2)13-18-45-35)19-25(29)31-26-20-37-36(44)32(26)30-24(33(31)42)10-11-28-27(30)21-41(5)38-28/h9,12-13,18-19,21H,6-8,10-11,14-17,20H2,1-5H3,(H,37,44). The summed E-state index contributed by atoms with van der Waals surface area (Å²) < 4.78 is 4.36. The van der Waals surface area contributed by atoms with Crippen LogP contribution >= 0.6 is 11.3 Å². The Labute approximate surface area is 268 Å². The number of fused-ring (bicyclic) bond motifs is 10. The van der Waals surface area contributed by atoms with Gasteiger partial charge >= 0.3 is 0 Å². The number of nitrogens with zero attached hydrogens (tertiary/aromatic N) is 5. The molecular formula is C36H42N6O2S. The number of nitrogens with one attached hydrogen (secondary N) is 1. The second-order valence-corrected chi connectivity index (χ2v) is 13.7. The van der Waals surface area contributed by atoms with E-state index >= 15 is 0 Å². The lowest BCUT2D eigenvalue weighted by molar-refractivity contribution is 0.0965. The zero-order chi connectivity index (χ0) is 31.4. The predicted octanol–water partition coefficient (Wildman–Crippen LogP) is 5.80. The Morgan fingerprint density at radius 1 is 1.04 bits per heavy atom. The highest BCUT2D eigenvalue weighted by molar-refractivity contribution is 7.12. The van der Waals surface area contributed by atoms with Gasteiger partial charge in [0.25, 0.3) is 5.91 Å². The molecule has 2 aliphatic rings. The first-order valence-electron chi connectivity index (χ1n) is 16.2. The third kappa shape index (κ3) is 5.11. The third-order valence-corrected chi connectivity index (χ3v) is 10.9. The van der Waals surface area contributed by atoms with Crippen LogP contribution in [-0.2, 0) is 33.0 Å². The number of benzene rings is 2. The minimum Gasteiger partial charge on any atom is -0.348 e. The van der Waals surface area contributed by atoms with Gasteiger partial charge < -0.3 is 19.7 Å². The molecule has 1 amide bonds. The minimum absolute atomic E-state index is 0.0149. The lowest BCUT2D eigenvalue weighted by Crippen LogP contribution is -2.31. The van der Waals surface area contributed by atoms with Gasteiger partial charge in [-0.3, -0.25) is 14.3 Å². The van der Waals surface area contributed by atoms with Crippen LogP contribution in [0.4, 0.5) is 0 Å². The van der Waals surface area contributed by atoms with Crippen molar-refractivity contribution in [1.29, 1.82) is 0 Å². The van der Waals surface area contributed by atoms with E-state index in [1.165, 1.54) is 22.4 Å². The van der Waals surface area contributed by atoms with Gasteiger partial charge in [-0.2, -0.15) is 5.10 Å². The van der Waals surface area contributed by atoms with Gasteiger partial charge in [-0.1, -0.05) is 6.92 Å². The van der Waals surface area contributed by atoms with Gasteiger partial charge in [-0.15, -0.1) is 11.3 Å². The van der Waals surface area contributed by atoms with Crippen LogP contribution < -0.4 is 5.32 Å². The van der Waals surface area contributed by atoms with Crippen LogP contribution in [-0.4, -0.2) is 76.1 Å². The number of amides is 1. The molecule has 2 aromatic carbocycles. The second-order valence-electron chi connectivity index (χ2n) is 12.8. The molecule has 0 unspecified atom stereocenters. The fourth-order valence-corrected chi connectivity index (χ4v) is 8.18. The van der Waals surface area contributed by atoms with Crippen molar-refractivity contribution in [3.8, 4) is 11.1 Å². The molecule has 4 heterocycles. The molecule has 3 aromatic heterocycles. The van der Waals surface area contributed by atoms with Crippen LogP contribution in [0, 0.1) is 6.92 Å². The van der Waals surface area contributed by atoms with E-state index < -0.39 is 0 Å². The van der Waals surface area contributed by atoms with Crippen molar-refractivity contribution >= 4 is 44.8 Å². The van der Waals surface area contributed by atoms with E-state index in [0.29, 0.717) is 12.1 Å². The Kier molecular flexibility index (Phi) is 7.88. The highest BCUT2D eigenvalue weighted by Crippen LogP contribution is 2.47. The molecule has 0 fully saturated rings. The summed E-state index contributed by atoms with van der Waals surface area (Å²) in [4.78, 5) is 32.7. The highest BCUT2D eigenvalue weighted by Gasteiger charge is 2.35. The molecule has 9 heteroatoms.